The minimum atomic E-state index is -1.51. The van der Waals surface area contributed by atoms with Crippen LogP contribution in [0.15, 0.2) is 82.1 Å². The predicted molar refractivity (Wildman–Crippen MR) is 248 cm³/mol. The number of pyridine rings is 1. The second kappa shape index (κ2) is 17.0. The Labute approximate surface area is 386 Å². The van der Waals surface area contributed by atoms with Crippen molar-refractivity contribution in [2.24, 2.45) is 0 Å². The average Bonchev–Trinajstić information content (AvgIpc) is 4.19. The lowest BCUT2D eigenvalue weighted by atomic mass is 9.79. The summed E-state index contributed by atoms with van der Waals surface area (Å²) in [6.45, 7) is 12.9. The van der Waals surface area contributed by atoms with Gasteiger partial charge in [-0.05, 0) is 133 Å². The molecular weight excluding hydrogens is 860 g/mol. The number of hydroxylamine groups is 2. The number of aliphatic hydroxyl groups is 1. The number of amides is 1. The van der Waals surface area contributed by atoms with E-state index in [0.717, 1.165) is 75.7 Å². The highest BCUT2D eigenvalue weighted by molar-refractivity contribution is 6.30. The van der Waals surface area contributed by atoms with Gasteiger partial charge in [-0.2, -0.15) is 0 Å². The molecular formula is C50H51ClN8O7. The molecule has 0 aliphatic heterocycles. The first-order chi connectivity index (χ1) is 31.5. The molecule has 0 radical (unpaired) electrons. The van der Waals surface area contributed by atoms with Crippen LogP contribution in [0.2, 0.25) is 5.02 Å². The summed E-state index contributed by atoms with van der Waals surface area (Å²) in [5, 5.41) is 22.5. The summed E-state index contributed by atoms with van der Waals surface area (Å²) in [4.78, 5) is 49.1. The molecule has 1 amide bonds. The second-order valence-corrected chi connectivity index (χ2v) is 18.5. The van der Waals surface area contributed by atoms with Gasteiger partial charge in [-0.1, -0.05) is 40.1 Å². The third-order valence-electron chi connectivity index (χ3n) is 12.0. The number of ether oxygens (including phenoxy) is 1. The summed E-state index contributed by atoms with van der Waals surface area (Å²) >= 11 is 6.19. The number of fused-ring (bicyclic) bond motifs is 2. The van der Waals surface area contributed by atoms with Crippen molar-refractivity contribution in [1.82, 2.24) is 39.9 Å². The zero-order valence-corrected chi connectivity index (χ0v) is 39.1. The summed E-state index contributed by atoms with van der Waals surface area (Å²) in [5.74, 6) is 3.12. The summed E-state index contributed by atoms with van der Waals surface area (Å²) in [5.41, 5.74) is 7.43. The third kappa shape index (κ3) is 8.26. The van der Waals surface area contributed by atoms with Crippen LogP contribution in [0.1, 0.15) is 120 Å². The average molecular weight is 911 g/mol. The van der Waals surface area contributed by atoms with Crippen molar-refractivity contribution in [2.45, 2.75) is 97.2 Å². The number of benzene rings is 3. The minimum absolute atomic E-state index is 0.153. The number of aromatic amines is 1. The Balaban J connectivity index is 0.000000166. The van der Waals surface area contributed by atoms with E-state index in [-0.39, 0.29) is 11.8 Å². The van der Waals surface area contributed by atoms with Crippen molar-refractivity contribution in [1.29, 1.82) is 0 Å². The summed E-state index contributed by atoms with van der Waals surface area (Å²) in [6, 6.07) is 18.6. The molecule has 2 saturated carbocycles. The summed E-state index contributed by atoms with van der Waals surface area (Å²) in [7, 11) is 2.95. The number of carbonyl (C=O) groups is 2. The fourth-order valence-electron chi connectivity index (χ4n) is 8.51. The molecule has 0 saturated heterocycles. The highest BCUT2D eigenvalue weighted by Crippen LogP contribution is 2.46. The molecule has 340 valence electrons. The summed E-state index contributed by atoms with van der Waals surface area (Å²) in [6.07, 6.45) is 6.98. The molecule has 15 nitrogen and oxygen atoms in total. The largest absolute Gasteiger partial charge is 0.443 e. The molecule has 16 heteroatoms. The van der Waals surface area contributed by atoms with Crippen LogP contribution < -0.4 is 0 Å². The highest BCUT2D eigenvalue weighted by atomic mass is 35.5. The van der Waals surface area contributed by atoms with Gasteiger partial charge in [-0.15, -0.1) is 0 Å². The van der Waals surface area contributed by atoms with Crippen LogP contribution in [0.25, 0.3) is 44.3 Å². The molecule has 66 heavy (non-hydrogen) atoms. The second-order valence-electron chi connectivity index (χ2n) is 18.1. The third-order valence-corrected chi connectivity index (χ3v) is 12.3. The Hall–Kier alpha value is -6.68. The van der Waals surface area contributed by atoms with E-state index in [1.54, 1.807) is 30.6 Å². The fraction of sp³-hybridized carbons (Fsp3) is 0.340. The van der Waals surface area contributed by atoms with Gasteiger partial charge in [0.25, 0.3) is 5.91 Å². The number of hydrogen-bond donors (Lipinski definition) is 2. The van der Waals surface area contributed by atoms with Crippen LogP contribution in [0, 0.1) is 27.7 Å². The maximum atomic E-state index is 13.2. The molecule has 1 atom stereocenters. The number of nitrogens with one attached hydrogen (secondary N) is 1. The lowest BCUT2D eigenvalue weighted by Crippen LogP contribution is -2.29. The minimum Gasteiger partial charge on any atom is -0.443 e. The summed E-state index contributed by atoms with van der Waals surface area (Å²) < 4.78 is 18.0. The van der Waals surface area contributed by atoms with Gasteiger partial charge in [0.05, 0.1) is 40.6 Å². The Morgan fingerprint density at radius 1 is 0.848 bits per heavy atom. The van der Waals surface area contributed by atoms with Gasteiger partial charge in [-0.25, -0.2) is 24.4 Å². The molecule has 0 spiro atoms. The SMILES string of the molecule is CON(C)C(=O)c1cc(-c2c(C)noc2C)cc2c1nc(C1CC1)n2C(=O)OC(C)(C)C.Cc1noc(C)c1-c1cc(C(O)(c2ccc(Cl)cc2)c2cccnc2)c2nc(C3CC3)[nH]c2c1. The van der Waals surface area contributed by atoms with E-state index in [4.69, 9.17) is 40.2 Å². The maximum Gasteiger partial charge on any atom is 0.420 e. The normalized spacial score (nSPS) is 14.8. The zero-order chi connectivity index (χ0) is 46.8. The smallest absolute Gasteiger partial charge is 0.420 e. The lowest BCUT2D eigenvalue weighted by Gasteiger charge is -2.30. The molecule has 10 rings (SSSR count). The van der Waals surface area contributed by atoms with Crippen molar-refractivity contribution in [3.05, 3.63) is 135 Å². The number of carbonyl (C=O) groups excluding carboxylic acids is 2. The van der Waals surface area contributed by atoms with Crippen LogP contribution in [0.5, 0.6) is 0 Å². The number of halogens is 1. The molecule has 2 fully saturated rings. The molecule has 2 N–H and O–H groups in total. The van der Waals surface area contributed by atoms with E-state index < -0.39 is 17.3 Å². The Bertz CT molecular complexity index is 3100. The topological polar surface area (TPSA) is 188 Å². The number of aromatic nitrogens is 7. The molecule has 3 aromatic carbocycles. The van der Waals surface area contributed by atoms with E-state index in [1.807, 2.05) is 84.9 Å². The molecule has 8 aromatic rings. The zero-order valence-electron chi connectivity index (χ0n) is 38.3. The molecule has 0 bridgehead atoms. The first-order valence-electron chi connectivity index (χ1n) is 21.9. The van der Waals surface area contributed by atoms with Crippen molar-refractivity contribution in [2.75, 3.05) is 14.2 Å². The number of imidazole rings is 2. The van der Waals surface area contributed by atoms with E-state index in [9.17, 15) is 14.7 Å². The predicted octanol–water partition coefficient (Wildman–Crippen LogP) is 10.6. The van der Waals surface area contributed by atoms with Crippen molar-refractivity contribution < 1.29 is 33.3 Å². The Kier molecular flexibility index (Phi) is 11.4. The van der Waals surface area contributed by atoms with Gasteiger partial charge in [-0.3, -0.25) is 14.6 Å². The highest BCUT2D eigenvalue weighted by Gasteiger charge is 2.39. The Morgan fingerprint density at radius 3 is 2.03 bits per heavy atom. The molecule has 2 aliphatic rings. The van der Waals surface area contributed by atoms with Gasteiger partial charge in [0.15, 0.2) is 0 Å². The maximum absolute atomic E-state index is 13.2. The first-order valence-corrected chi connectivity index (χ1v) is 22.3. The van der Waals surface area contributed by atoms with Crippen LogP contribution in [-0.4, -0.2) is 76.7 Å². The van der Waals surface area contributed by atoms with Crippen LogP contribution >= 0.6 is 11.6 Å². The van der Waals surface area contributed by atoms with Gasteiger partial charge >= 0.3 is 6.09 Å². The number of aryl methyl sites for hydroxylation is 4. The van der Waals surface area contributed by atoms with E-state index in [2.05, 4.69) is 26.3 Å². The van der Waals surface area contributed by atoms with Gasteiger partial charge in [0.1, 0.15) is 39.9 Å². The van der Waals surface area contributed by atoms with Crippen LogP contribution in [-0.2, 0) is 15.2 Å². The van der Waals surface area contributed by atoms with E-state index >= 15 is 0 Å². The number of hydrogen-bond acceptors (Lipinski definition) is 12. The molecule has 5 aromatic heterocycles. The Morgan fingerprint density at radius 2 is 1.48 bits per heavy atom. The monoisotopic (exact) mass is 910 g/mol. The van der Waals surface area contributed by atoms with Crippen molar-refractivity contribution >= 4 is 45.7 Å². The van der Waals surface area contributed by atoms with Crippen molar-refractivity contribution in [3.8, 4) is 22.3 Å². The number of nitrogens with zero attached hydrogens (tertiary/aromatic N) is 7. The van der Waals surface area contributed by atoms with Gasteiger partial charge in [0.2, 0.25) is 0 Å². The fourth-order valence-corrected chi connectivity index (χ4v) is 8.64. The van der Waals surface area contributed by atoms with Crippen molar-refractivity contribution in [3.63, 3.8) is 0 Å². The lowest BCUT2D eigenvalue weighted by molar-refractivity contribution is -0.0755. The molecule has 1 unspecified atom stereocenters. The quantitative estimate of drug-likeness (QED) is 0.131. The number of rotatable bonds is 9. The standard InChI is InChI=1S/C27H23ClN4O2.C23H28N4O5/c1-15-24(16(2)34-32-15)18-12-22(25-23(13-18)30-26(31-25)17-5-6-17)27(33,20-4-3-11-29-14-20)19-7-9-21(28)10-8-19;1-12-18(13(2)32-25-12)15-10-16(21(28)26(6)30-7)19-17(11-15)27(20(24-19)14-8-9-14)22(29)31-23(3,4)5/h3-4,7-14,17,33H,5-6H2,1-2H3,(H,30,31);10-11,14H,8-9H2,1-7H3. The number of H-pyrrole nitrogens is 1. The van der Waals surface area contributed by atoms with E-state index in [0.29, 0.717) is 67.1 Å². The molecule has 2 aliphatic carbocycles. The first kappa shape index (κ1) is 44.5. The van der Waals surface area contributed by atoms with E-state index in [1.165, 1.54) is 18.7 Å². The van der Waals surface area contributed by atoms with Gasteiger partial charge in [0, 0.05) is 58.6 Å². The molecule has 5 heterocycles. The van der Waals surface area contributed by atoms with Gasteiger partial charge < -0.3 is 23.9 Å². The van der Waals surface area contributed by atoms with Crippen LogP contribution in [0.3, 0.4) is 0 Å². The van der Waals surface area contributed by atoms with Crippen LogP contribution in [0.4, 0.5) is 4.79 Å².